The predicted octanol–water partition coefficient (Wildman–Crippen LogP) is 1.24. The number of hydrogen-bond acceptors (Lipinski definition) is 5. The first-order valence-electron chi connectivity index (χ1n) is 7.29. The van der Waals surface area contributed by atoms with Crippen molar-refractivity contribution >= 4 is 11.6 Å². The van der Waals surface area contributed by atoms with Gasteiger partial charge in [-0.15, -0.1) is 0 Å². The summed E-state index contributed by atoms with van der Waals surface area (Å²) in [5.41, 5.74) is 2.34. The predicted molar refractivity (Wildman–Crippen MR) is 82.7 cm³/mol. The number of aromatic nitrogens is 2. The quantitative estimate of drug-likeness (QED) is 0.920. The molecule has 1 fully saturated rings. The van der Waals surface area contributed by atoms with E-state index >= 15 is 0 Å². The molecule has 0 bridgehead atoms. The van der Waals surface area contributed by atoms with E-state index in [-0.39, 0.29) is 5.91 Å². The van der Waals surface area contributed by atoms with E-state index in [1.165, 1.54) is 0 Å². The minimum absolute atomic E-state index is 0.145. The van der Waals surface area contributed by atoms with Crippen LogP contribution in [0.15, 0.2) is 42.9 Å². The molecule has 0 spiro atoms. The third-order valence-electron chi connectivity index (χ3n) is 3.52. The minimum atomic E-state index is -0.145. The number of nitrogens with zero attached hydrogens (tertiary/aromatic N) is 3. The molecule has 1 aliphatic rings. The Bertz CT molecular complexity index is 627. The van der Waals surface area contributed by atoms with Gasteiger partial charge in [0.1, 0.15) is 0 Å². The maximum atomic E-state index is 12.2. The number of nitrogens with one attached hydrogen (secondary N) is 1. The van der Waals surface area contributed by atoms with Crippen molar-refractivity contribution in [3.63, 3.8) is 0 Å². The smallest absolute Gasteiger partial charge is 0.253 e. The van der Waals surface area contributed by atoms with Crippen molar-refractivity contribution in [3.8, 4) is 0 Å². The highest BCUT2D eigenvalue weighted by Gasteiger charge is 2.14. The fraction of sp³-hybridized carbons (Fsp3) is 0.312. The third-order valence-corrected chi connectivity index (χ3v) is 3.52. The van der Waals surface area contributed by atoms with Gasteiger partial charge in [0.15, 0.2) is 0 Å². The molecule has 2 aromatic rings. The number of morpholine rings is 1. The van der Waals surface area contributed by atoms with Crippen molar-refractivity contribution in [3.05, 3.63) is 54.1 Å². The molecule has 1 amide bonds. The van der Waals surface area contributed by atoms with Crippen molar-refractivity contribution < 1.29 is 9.53 Å². The number of anilines is 1. The van der Waals surface area contributed by atoms with E-state index < -0.39 is 0 Å². The Morgan fingerprint density at radius 2 is 2.14 bits per heavy atom. The van der Waals surface area contributed by atoms with Crippen LogP contribution >= 0.6 is 0 Å². The van der Waals surface area contributed by atoms with Gasteiger partial charge in [-0.3, -0.25) is 14.8 Å². The van der Waals surface area contributed by atoms with Gasteiger partial charge in [0.05, 0.1) is 42.9 Å². The summed E-state index contributed by atoms with van der Waals surface area (Å²) in [5, 5.41) is 2.86. The Morgan fingerprint density at radius 1 is 1.27 bits per heavy atom. The van der Waals surface area contributed by atoms with Crippen LogP contribution in [-0.2, 0) is 11.3 Å². The zero-order valence-corrected chi connectivity index (χ0v) is 12.2. The molecule has 0 radical (unpaired) electrons. The van der Waals surface area contributed by atoms with Gasteiger partial charge in [-0.2, -0.15) is 0 Å². The molecule has 6 heteroatoms. The van der Waals surface area contributed by atoms with Crippen LogP contribution in [0.4, 0.5) is 5.69 Å². The average Bonchev–Trinajstić information content (AvgIpc) is 2.61. The van der Waals surface area contributed by atoms with E-state index in [1.54, 1.807) is 18.6 Å². The lowest BCUT2D eigenvalue weighted by atomic mass is 10.2. The largest absolute Gasteiger partial charge is 0.378 e. The van der Waals surface area contributed by atoms with Crippen LogP contribution in [-0.4, -0.2) is 42.2 Å². The topological polar surface area (TPSA) is 67.4 Å². The fourth-order valence-corrected chi connectivity index (χ4v) is 2.32. The van der Waals surface area contributed by atoms with Gasteiger partial charge in [-0.05, 0) is 18.2 Å². The molecule has 3 rings (SSSR count). The maximum Gasteiger partial charge on any atom is 0.253 e. The van der Waals surface area contributed by atoms with E-state index in [0.717, 1.165) is 24.5 Å². The number of carbonyl (C=O) groups excluding carboxylic acids is 1. The lowest BCUT2D eigenvalue weighted by molar-refractivity contribution is 0.0950. The minimum Gasteiger partial charge on any atom is -0.378 e. The summed E-state index contributed by atoms with van der Waals surface area (Å²) in [6.45, 7) is 3.45. The second-order valence-corrected chi connectivity index (χ2v) is 5.03. The molecule has 0 unspecified atom stereocenters. The highest BCUT2D eigenvalue weighted by atomic mass is 16.5. The number of rotatable bonds is 4. The first kappa shape index (κ1) is 14.5. The van der Waals surface area contributed by atoms with E-state index in [0.29, 0.717) is 25.3 Å². The van der Waals surface area contributed by atoms with E-state index in [9.17, 15) is 4.79 Å². The molecule has 1 N–H and O–H groups in total. The zero-order valence-electron chi connectivity index (χ0n) is 12.2. The van der Waals surface area contributed by atoms with Crippen LogP contribution < -0.4 is 10.2 Å². The Hall–Kier alpha value is -2.47. The monoisotopic (exact) mass is 298 g/mol. The fourth-order valence-electron chi connectivity index (χ4n) is 2.32. The van der Waals surface area contributed by atoms with E-state index in [1.807, 2.05) is 24.3 Å². The molecule has 0 aliphatic carbocycles. The molecular formula is C16H18N4O2. The average molecular weight is 298 g/mol. The van der Waals surface area contributed by atoms with Crippen LogP contribution in [0.3, 0.4) is 0 Å². The third kappa shape index (κ3) is 3.59. The standard InChI is InChI=1S/C16H18N4O2/c21-16(19-11-14-3-1-2-4-18-14)13-9-15(12-17-10-13)20-5-7-22-8-6-20/h1-4,9-10,12H,5-8,11H2,(H,19,21). The molecule has 3 heterocycles. The van der Waals surface area contributed by atoms with Crippen molar-refractivity contribution in [2.45, 2.75) is 6.54 Å². The number of amides is 1. The molecular weight excluding hydrogens is 280 g/mol. The van der Waals surface area contributed by atoms with E-state index in [4.69, 9.17) is 4.74 Å². The van der Waals surface area contributed by atoms with Gasteiger partial charge in [0.25, 0.3) is 5.91 Å². The Morgan fingerprint density at radius 3 is 2.91 bits per heavy atom. The number of hydrogen-bond donors (Lipinski definition) is 1. The molecule has 22 heavy (non-hydrogen) atoms. The van der Waals surface area contributed by atoms with Crippen LogP contribution in [0.25, 0.3) is 0 Å². The first-order valence-corrected chi connectivity index (χ1v) is 7.29. The SMILES string of the molecule is O=C(NCc1ccccn1)c1cncc(N2CCOCC2)c1. The number of carbonyl (C=O) groups is 1. The second kappa shape index (κ2) is 7.00. The molecule has 0 aromatic carbocycles. The Kier molecular flexibility index (Phi) is 4.60. The Balaban J connectivity index is 1.64. The van der Waals surface area contributed by atoms with Crippen molar-refractivity contribution in [1.29, 1.82) is 0 Å². The van der Waals surface area contributed by atoms with Crippen LogP contribution in [0, 0.1) is 0 Å². The molecule has 6 nitrogen and oxygen atoms in total. The normalized spacial score (nSPS) is 14.6. The highest BCUT2D eigenvalue weighted by Crippen LogP contribution is 2.16. The van der Waals surface area contributed by atoms with E-state index in [2.05, 4.69) is 20.2 Å². The number of pyridine rings is 2. The van der Waals surface area contributed by atoms with Gasteiger partial charge in [0.2, 0.25) is 0 Å². The zero-order chi connectivity index (χ0) is 15.2. The Labute approximate surface area is 129 Å². The second-order valence-electron chi connectivity index (χ2n) is 5.03. The van der Waals surface area contributed by atoms with Gasteiger partial charge in [0, 0.05) is 25.5 Å². The molecule has 1 aliphatic heterocycles. The molecule has 1 saturated heterocycles. The van der Waals surface area contributed by atoms with Crippen LogP contribution in [0.1, 0.15) is 16.1 Å². The van der Waals surface area contributed by atoms with Crippen molar-refractivity contribution in [2.75, 3.05) is 31.2 Å². The molecule has 2 aromatic heterocycles. The molecule has 114 valence electrons. The maximum absolute atomic E-state index is 12.2. The summed E-state index contributed by atoms with van der Waals surface area (Å²) in [6, 6.07) is 7.49. The summed E-state index contributed by atoms with van der Waals surface area (Å²) in [7, 11) is 0. The highest BCUT2D eigenvalue weighted by molar-refractivity contribution is 5.94. The molecule has 0 saturated carbocycles. The van der Waals surface area contributed by atoms with Crippen LogP contribution in [0.2, 0.25) is 0 Å². The van der Waals surface area contributed by atoms with Gasteiger partial charge in [-0.1, -0.05) is 6.07 Å². The first-order chi connectivity index (χ1) is 10.8. The lowest BCUT2D eigenvalue weighted by Gasteiger charge is -2.28. The summed E-state index contributed by atoms with van der Waals surface area (Å²) in [5.74, 6) is -0.145. The van der Waals surface area contributed by atoms with Crippen molar-refractivity contribution in [1.82, 2.24) is 15.3 Å². The summed E-state index contributed by atoms with van der Waals surface area (Å²) < 4.78 is 5.34. The summed E-state index contributed by atoms with van der Waals surface area (Å²) in [4.78, 5) is 22.8. The van der Waals surface area contributed by atoms with Crippen LogP contribution in [0.5, 0.6) is 0 Å². The summed E-state index contributed by atoms with van der Waals surface area (Å²) >= 11 is 0. The lowest BCUT2D eigenvalue weighted by Crippen LogP contribution is -2.36. The van der Waals surface area contributed by atoms with Gasteiger partial charge >= 0.3 is 0 Å². The van der Waals surface area contributed by atoms with Gasteiger partial charge in [-0.25, -0.2) is 0 Å². The van der Waals surface area contributed by atoms with Crippen molar-refractivity contribution in [2.24, 2.45) is 0 Å². The van der Waals surface area contributed by atoms with Gasteiger partial charge < -0.3 is 15.0 Å². The molecule has 0 atom stereocenters. The number of ether oxygens (including phenoxy) is 1. The summed E-state index contributed by atoms with van der Waals surface area (Å²) in [6.07, 6.45) is 5.07.